The van der Waals surface area contributed by atoms with E-state index in [1.54, 1.807) is 6.33 Å². The lowest BCUT2D eigenvalue weighted by atomic mass is 10.1. The summed E-state index contributed by atoms with van der Waals surface area (Å²) in [4.78, 5) is 21.9. The van der Waals surface area contributed by atoms with Crippen LogP contribution in [0.4, 0.5) is 0 Å². The second-order valence-corrected chi connectivity index (χ2v) is 5.81. The van der Waals surface area contributed by atoms with Crippen LogP contribution in [0.15, 0.2) is 24.5 Å². The van der Waals surface area contributed by atoms with Crippen LogP contribution < -0.4 is 5.32 Å². The number of carbonyl (C=O) groups is 1. The number of carbonyl (C=O) groups excluding carboxylic acids is 1. The molecule has 4 rings (SSSR count). The van der Waals surface area contributed by atoms with Crippen molar-refractivity contribution >= 4 is 16.9 Å². The predicted octanol–water partition coefficient (Wildman–Crippen LogP) is 1.53. The molecule has 2 bridgehead atoms. The molecule has 2 aromatic rings. The highest BCUT2D eigenvalue weighted by atomic mass is 16.2. The van der Waals surface area contributed by atoms with Gasteiger partial charge in [0.2, 0.25) is 0 Å². The number of nitrogens with zero attached hydrogens (tertiary/aromatic N) is 2. The van der Waals surface area contributed by atoms with E-state index in [2.05, 4.69) is 15.3 Å². The van der Waals surface area contributed by atoms with Crippen molar-refractivity contribution in [2.24, 2.45) is 0 Å². The minimum absolute atomic E-state index is 0.135. The molecule has 0 spiro atoms. The Labute approximate surface area is 117 Å². The number of benzene rings is 1. The zero-order valence-corrected chi connectivity index (χ0v) is 11.3. The third-order valence-corrected chi connectivity index (χ3v) is 4.48. The number of likely N-dealkylation sites (tertiary alicyclic amines) is 1. The van der Waals surface area contributed by atoms with Crippen molar-refractivity contribution in [1.29, 1.82) is 0 Å². The molecule has 20 heavy (non-hydrogen) atoms. The molecular formula is C15H18N4O. The molecule has 1 aromatic carbocycles. The molecule has 2 atom stereocenters. The van der Waals surface area contributed by atoms with Gasteiger partial charge in [-0.2, -0.15) is 0 Å². The third-order valence-electron chi connectivity index (χ3n) is 4.48. The molecule has 5 nitrogen and oxygen atoms in total. The zero-order valence-electron chi connectivity index (χ0n) is 11.3. The molecule has 2 aliphatic rings. The Balaban J connectivity index is 1.59. The Morgan fingerprint density at radius 3 is 3.10 bits per heavy atom. The lowest BCUT2D eigenvalue weighted by molar-refractivity contribution is 0.0748. The van der Waals surface area contributed by atoms with Crippen molar-refractivity contribution in [1.82, 2.24) is 20.2 Å². The second kappa shape index (κ2) is 4.59. The molecule has 1 amide bonds. The van der Waals surface area contributed by atoms with Crippen LogP contribution >= 0.6 is 0 Å². The minimum atomic E-state index is 0.135. The zero-order chi connectivity index (χ0) is 13.5. The molecule has 1 aromatic heterocycles. The van der Waals surface area contributed by atoms with E-state index >= 15 is 0 Å². The van der Waals surface area contributed by atoms with Crippen LogP contribution in [-0.4, -0.2) is 45.9 Å². The monoisotopic (exact) mass is 270 g/mol. The number of imidazole rings is 1. The van der Waals surface area contributed by atoms with Gasteiger partial charge in [0, 0.05) is 30.7 Å². The van der Waals surface area contributed by atoms with Crippen LogP contribution in [-0.2, 0) is 0 Å². The fraction of sp³-hybridized carbons (Fsp3) is 0.467. The maximum Gasteiger partial charge on any atom is 0.253 e. The molecule has 104 valence electrons. The number of aromatic nitrogens is 2. The highest BCUT2D eigenvalue weighted by Crippen LogP contribution is 2.22. The minimum Gasteiger partial charge on any atom is -0.345 e. The molecule has 2 saturated heterocycles. The first-order valence-electron chi connectivity index (χ1n) is 7.28. The number of hydrogen-bond acceptors (Lipinski definition) is 3. The fourth-order valence-electron chi connectivity index (χ4n) is 3.38. The fourth-order valence-corrected chi connectivity index (χ4v) is 3.38. The van der Waals surface area contributed by atoms with E-state index in [4.69, 9.17) is 0 Å². The van der Waals surface area contributed by atoms with Crippen LogP contribution in [0, 0.1) is 0 Å². The number of rotatable bonds is 1. The van der Waals surface area contributed by atoms with Gasteiger partial charge in [-0.3, -0.25) is 4.79 Å². The van der Waals surface area contributed by atoms with E-state index in [-0.39, 0.29) is 5.91 Å². The van der Waals surface area contributed by atoms with Crippen molar-refractivity contribution in [2.45, 2.75) is 31.3 Å². The Kier molecular flexibility index (Phi) is 2.73. The Bertz CT molecular complexity index is 650. The van der Waals surface area contributed by atoms with Gasteiger partial charge >= 0.3 is 0 Å². The van der Waals surface area contributed by atoms with Crippen molar-refractivity contribution < 1.29 is 4.79 Å². The van der Waals surface area contributed by atoms with E-state index in [0.29, 0.717) is 12.1 Å². The number of nitrogens with one attached hydrogen (secondary N) is 2. The van der Waals surface area contributed by atoms with E-state index < -0.39 is 0 Å². The van der Waals surface area contributed by atoms with Crippen molar-refractivity contribution in [2.75, 3.05) is 13.1 Å². The van der Waals surface area contributed by atoms with Crippen LogP contribution in [0.2, 0.25) is 0 Å². The standard InChI is InChI=1S/C15H18N4O/c20-15(10-1-4-13-14(7-10)17-9-16-13)19-6-5-11-2-3-12(8-19)18-11/h1,4,7,9,11-12,18H,2-3,5-6,8H2,(H,16,17). The Hall–Kier alpha value is -1.88. The van der Waals surface area contributed by atoms with Gasteiger partial charge in [-0.15, -0.1) is 0 Å². The highest BCUT2D eigenvalue weighted by molar-refractivity contribution is 5.97. The summed E-state index contributed by atoms with van der Waals surface area (Å²) in [5.74, 6) is 0.135. The quantitative estimate of drug-likeness (QED) is 0.826. The van der Waals surface area contributed by atoms with Crippen molar-refractivity contribution in [3.63, 3.8) is 0 Å². The number of hydrogen-bond donors (Lipinski definition) is 2. The summed E-state index contributed by atoms with van der Waals surface area (Å²) in [7, 11) is 0. The molecule has 0 saturated carbocycles. The van der Waals surface area contributed by atoms with E-state index in [1.165, 1.54) is 12.8 Å². The van der Waals surface area contributed by atoms with Gasteiger partial charge in [-0.1, -0.05) is 0 Å². The Morgan fingerprint density at radius 2 is 2.15 bits per heavy atom. The average molecular weight is 270 g/mol. The summed E-state index contributed by atoms with van der Waals surface area (Å²) in [6, 6.07) is 6.76. The lowest BCUT2D eigenvalue weighted by Crippen LogP contribution is -2.39. The second-order valence-electron chi connectivity index (χ2n) is 5.81. The van der Waals surface area contributed by atoms with Crippen molar-refractivity contribution in [3.8, 4) is 0 Å². The van der Waals surface area contributed by atoms with E-state index in [9.17, 15) is 4.79 Å². The van der Waals surface area contributed by atoms with Gasteiger partial charge in [0.25, 0.3) is 5.91 Å². The summed E-state index contributed by atoms with van der Waals surface area (Å²) in [5.41, 5.74) is 2.57. The van der Waals surface area contributed by atoms with Gasteiger partial charge in [0.05, 0.1) is 17.4 Å². The number of aromatic amines is 1. The van der Waals surface area contributed by atoms with Gasteiger partial charge in [0.15, 0.2) is 0 Å². The van der Waals surface area contributed by atoms with Gasteiger partial charge < -0.3 is 15.2 Å². The molecule has 2 aliphatic heterocycles. The molecule has 5 heteroatoms. The summed E-state index contributed by atoms with van der Waals surface area (Å²) in [6.45, 7) is 1.68. The van der Waals surface area contributed by atoms with Crippen LogP contribution in [0.3, 0.4) is 0 Å². The molecule has 0 aliphatic carbocycles. The van der Waals surface area contributed by atoms with Gasteiger partial charge in [-0.25, -0.2) is 4.98 Å². The maximum atomic E-state index is 12.7. The van der Waals surface area contributed by atoms with Crippen LogP contribution in [0.25, 0.3) is 11.0 Å². The maximum absolute atomic E-state index is 12.7. The van der Waals surface area contributed by atoms with E-state index in [1.807, 2.05) is 23.1 Å². The third kappa shape index (κ3) is 1.98. The summed E-state index contributed by atoms with van der Waals surface area (Å²) < 4.78 is 0. The smallest absolute Gasteiger partial charge is 0.253 e. The lowest BCUT2D eigenvalue weighted by Gasteiger charge is -2.24. The first kappa shape index (κ1) is 11.9. The number of amides is 1. The predicted molar refractivity (Wildman–Crippen MR) is 76.6 cm³/mol. The molecule has 2 N–H and O–H groups in total. The molecule has 3 heterocycles. The van der Waals surface area contributed by atoms with Crippen molar-refractivity contribution in [3.05, 3.63) is 30.1 Å². The van der Waals surface area contributed by atoms with Gasteiger partial charge in [0.1, 0.15) is 0 Å². The van der Waals surface area contributed by atoms with Crippen LogP contribution in [0.1, 0.15) is 29.6 Å². The van der Waals surface area contributed by atoms with E-state index in [0.717, 1.165) is 36.1 Å². The average Bonchev–Trinajstić information content (AvgIpc) is 3.03. The SMILES string of the molecule is O=C(c1ccc2nc[nH]c2c1)N1CCC2CCC(C1)N2. The highest BCUT2D eigenvalue weighted by Gasteiger charge is 2.31. The summed E-state index contributed by atoms with van der Waals surface area (Å²) >= 11 is 0. The molecular weight excluding hydrogens is 252 g/mol. The van der Waals surface area contributed by atoms with Crippen LogP contribution in [0.5, 0.6) is 0 Å². The number of H-pyrrole nitrogens is 1. The topological polar surface area (TPSA) is 61.0 Å². The first-order valence-corrected chi connectivity index (χ1v) is 7.28. The molecule has 2 unspecified atom stereocenters. The molecule has 2 fully saturated rings. The summed E-state index contributed by atoms with van der Waals surface area (Å²) in [6.07, 6.45) is 5.17. The first-order chi connectivity index (χ1) is 9.79. The normalized spacial score (nSPS) is 25.9. The number of fused-ring (bicyclic) bond motifs is 3. The Morgan fingerprint density at radius 1 is 1.25 bits per heavy atom. The molecule has 0 radical (unpaired) electrons. The largest absolute Gasteiger partial charge is 0.345 e. The summed E-state index contributed by atoms with van der Waals surface area (Å²) in [5, 5.41) is 3.60. The van der Waals surface area contributed by atoms with Gasteiger partial charge in [-0.05, 0) is 37.5 Å².